The molecule has 1 aliphatic heterocycles. The van der Waals surface area contributed by atoms with E-state index in [1.165, 1.54) is 44.8 Å². The predicted molar refractivity (Wildman–Crippen MR) is 128 cm³/mol. The number of nitrogens with one attached hydrogen (secondary N) is 1. The highest BCUT2D eigenvalue weighted by Crippen LogP contribution is 2.49. The first-order chi connectivity index (χ1) is 16.7. The number of rotatable bonds is 4. The fourth-order valence-corrected chi connectivity index (χ4v) is 6.83. The average Bonchev–Trinajstić information content (AvgIpc) is 3.28. The Balaban J connectivity index is 1.54. The Hall–Kier alpha value is -3.80. The number of carbonyl (C=O) groups is 1. The molecule has 0 radical (unpaired) electrons. The molecule has 35 heavy (non-hydrogen) atoms. The number of nitrogens with two attached hydrogens (primary N) is 1. The van der Waals surface area contributed by atoms with Gasteiger partial charge in [0.15, 0.2) is 5.69 Å². The minimum atomic E-state index is -3.83. The second-order valence-electron chi connectivity index (χ2n) is 8.54. The highest BCUT2D eigenvalue weighted by Gasteiger charge is 2.56. The quantitative estimate of drug-likeness (QED) is 0.563. The van der Waals surface area contributed by atoms with E-state index in [9.17, 15) is 13.2 Å². The maximum atomic E-state index is 15.1. The first-order valence-electron chi connectivity index (χ1n) is 10.9. The summed E-state index contributed by atoms with van der Waals surface area (Å²) in [5, 5.41) is 2.44. The smallest absolute Gasteiger partial charge is 0.276 e. The summed E-state index contributed by atoms with van der Waals surface area (Å²) in [5.74, 6) is -0.830. The summed E-state index contributed by atoms with van der Waals surface area (Å²) in [7, 11) is -0.969. The molecule has 3 heterocycles. The number of anilines is 1. The molecule has 182 valence electrons. The highest BCUT2D eigenvalue weighted by molar-refractivity contribution is 7.90. The Labute approximate surface area is 201 Å². The van der Waals surface area contributed by atoms with Gasteiger partial charge in [0.05, 0.1) is 13.3 Å². The van der Waals surface area contributed by atoms with E-state index in [0.717, 1.165) is 4.31 Å². The zero-order valence-electron chi connectivity index (χ0n) is 19.0. The van der Waals surface area contributed by atoms with Crippen LogP contribution in [-0.4, -0.2) is 54.0 Å². The van der Waals surface area contributed by atoms with Crippen LogP contribution in [0.2, 0.25) is 0 Å². The molecule has 3 aromatic rings. The van der Waals surface area contributed by atoms with Gasteiger partial charge >= 0.3 is 0 Å². The van der Waals surface area contributed by atoms with E-state index in [-0.39, 0.29) is 22.9 Å². The summed E-state index contributed by atoms with van der Waals surface area (Å²) in [6.45, 7) is 0. The number of amides is 1. The second-order valence-corrected chi connectivity index (χ2v) is 10.7. The maximum Gasteiger partial charge on any atom is 0.276 e. The molecule has 5 rings (SSSR count). The number of aliphatic imine (C=N–C) groups is 1. The normalized spacial score (nSPS) is 23.0. The van der Waals surface area contributed by atoms with Crippen molar-refractivity contribution in [2.24, 2.45) is 10.7 Å². The van der Waals surface area contributed by atoms with Gasteiger partial charge in [-0.1, -0.05) is 0 Å². The van der Waals surface area contributed by atoms with E-state index in [2.05, 4.69) is 20.3 Å². The number of pyridine rings is 2. The molecule has 10 nitrogen and oxygen atoms in total. The van der Waals surface area contributed by atoms with Crippen molar-refractivity contribution in [1.29, 1.82) is 0 Å². The number of methoxy groups -OCH3 is 1. The van der Waals surface area contributed by atoms with Crippen LogP contribution in [0.5, 0.6) is 5.75 Å². The molecule has 1 amide bonds. The lowest BCUT2D eigenvalue weighted by atomic mass is 9.87. The Kier molecular flexibility index (Phi) is 5.35. The van der Waals surface area contributed by atoms with Gasteiger partial charge in [0.25, 0.3) is 5.91 Å². The second kappa shape index (κ2) is 8.15. The van der Waals surface area contributed by atoms with Gasteiger partial charge in [0.1, 0.15) is 27.9 Å². The van der Waals surface area contributed by atoms with Crippen LogP contribution in [0.15, 0.2) is 47.7 Å². The van der Waals surface area contributed by atoms with Crippen LogP contribution in [0.3, 0.4) is 0 Å². The molecule has 2 aliphatic rings. The lowest BCUT2D eigenvalue weighted by molar-refractivity contribution is 0.102. The van der Waals surface area contributed by atoms with Gasteiger partial charge in [-0.3, -0.25) is 4.79 Å². The summed E-state index contributed by atoms with van der Waals surface area (Å²) >= 11 is 0. The van der Waals surface area contributed by atoms with E-state index in [1.54, 1.807) is 12.1 Å². The third-order valence-corrected chi connectivity index (χ3v) is 8.95. The van der Waals surface area contributed by atoms with Gasteiger partial charge in [0.2, 0.25) is 16.0 Å². The lowest BCUT2D eigenvalue weighted by Gasteiger charge is -2.39. The molecule has 1 aliphatic carbocycles. The zero-order chi connectivity index (χ0) is 25.0. The molecular formula is C23H23FN6O4S. The number of fused-ring (bicyclic) bond motifs is 2. The summed E-state index contributed by atoms with van der Waals surface area (Å²) < 4.78 is 47.4. The highest BCUT2D eigenvalue weighted by atomic mass is 32.2. The number of halogens is 1. The summed E-state index contributed by atoms with van der Waals surface area (Å²) in [5.41, 5.74) is 5.37. The van der Waals surface area contributed by atoms with Crippen molar-refractivity contribution in [1.82, 2.24) is 14.3 Å². The lowest BCUT2D eigenvalue weighted by Crippen LogP contribution is -2.55. The Morgan fingerprint density at radius 3 is 2.86 bits per heavy atom. The molecule has 2 atom stereocenters. The third-order valence-electron chi connectivity index (χ3n) is 6.65. The molecule has 1 saturated carbocycles. The molecule has 1 fully saturated rings. The number of ether oxygens (including phenoxy) is 1. The van der Waals surface area contributed by atoms with E-state index >= 15 is 4.39 Å². The predicted octanol–water partition coefficient (Wildman–Crippen LogP) is 2.37. The number of benzene rings is 1. The number of guanidine groups is 1. The number of sulfonamides is 1. The van der Waals surface area contributed by atoms with Crippen LogP contribution >= 0.6 is 0 Å². The fourth-order valence-electron chi connectivity index (χ4n) is 4.89. The monoisotopic (exact) mass is 498 g/mol. The van der Waals surface area contributed by atoms with Crippen molar-refractivity contribution in [3.63, 3.8) is 0 Å². The largest absolute Gasteiger partial charge is 0.495 e. The summed E-state index contributed by atoms with van der Waals surface area (Å²) in [6, 6.07) is 7.45. The Morgan fingerprint density at radius 1 is 1.29 bits per heavy atom. The van der Waals surface area contributed by atoms with Crippen LogP contribution in [0.1, 0.15) is 35.3 Å². The van der Waals surface area contributed by atoms with Gasteiger partial charge in [-0.15, -0.1) is 0 Å². The van der Waals surface area contributed by atoms with Crippen LogP contribution in [0.4, 0.5) is 10.1 Å². The molecular weight excluding hydrogens is 475 g/mol. The zero-order valence-corrected chi connectivity index (χ0v) is 19.8. The molecule has 0 unspecified atom stereocenters. The van der Waals surface area contributed by atoms with Crippen molar-refractivity contribution in [3.05, 3.63) is 59.8 Å². The van der Waals surface area contributed by atoms with Gasteiger partial charge in [0, 0.05) is 29.9 Å². The number of nitrogens with zero attached hydrogens (tertiary/aromatic N) is 4. The Morgan fingerprint density at radius 2 is 2.09 bits per heavy atom. The molecule has 12 heteroatoms. The van der Waals surface area contributed by atoms with Gasteiger partial charge in [-0.25, -0.2) is 32.1 Å². The number of hydrogen-bond donors (Lipinski definition) is 2. The molecule has 0 spiro atoms. The third kappa shape index (κ3) is 3.55. The minimum Gasteiger partial charge on any atom is -0.495 e. The van der Waals surface area contributed by atoms with E-state index < -0.39 is 32.5 Å². The molecule has 0 saturated heterocycles. The van der Waals surface area contributed by atoms with Crippen molar-refractivity contribution in [2.45, 2.75) is 30.1 Å². The average molecular weight is 499 g/mol. The van der Waals surface area contributed by atoms with E-state index in [0.29, 0.717) is 35.9 Å². The SMILES string of the molecule is COc1cnc2c(C(=O)Nc3ccc(F)c([C@]45CCC[C@H]4S(=O)(=O)N(C)C(N)=N5)c3)nccc2c1. The van der Waals surface area contributed by atoms with Crippen LogP contribution in [0, 0.1) is 5.82 Å². The van der Waals surface area contributed by atoms with Gasteiger partial charge in [-0.2, -0.15) is 0 Å². The number of hydrogen-bond acceptors (Lipinski definition) is 8. The Bertz CT molecular complexity index is 1490. The first kappa shape index (κ1) is 23.0. The number of aromatic nitrogens is 2. The fraction of sp³-hybridized carbons (Fsp3) is 0.304. The van der Waals surface area contributed by atoms with Crippen LogP contribution in [-0.2, 0) is 15.6 Å². The van der Waals surface area contributed by atoms with E-state index in [1.807, 2.05) is 0 Å². The van der Waals surface area contributed by atoms with E-state index in [4.69, 9.17) is 10.5 Å². The van der Waals surface area contributed by atoms with Crippen molar-refractivity contribution in [2.75, 3.05) is 19.5 Å². The molecule has 0 bridgehead atoms. The molecule has 2 aromatic heterocycles. The van der Waals surface area contributed by atoms with Crippen molar-refractivity contribution < 1.29 is 22.3 Å². The van der Waals surface area contributed by atoms with Gasteiger partial charge < -0.3 is 15.8 Å². The van der Waals surface area contributed by atoms with Crippen molar-refractivity contribution >= 4 is 38.5 Å². The molecule has 1 aromatic carbocycles. The minimum absolute atomic E-state index is 0.0752. The standard InChI is InChI=1S/C23H23FN6O4S/c1-30-22(25)29-23(8-3-4-18(23)35(30,32)33)16-11-14(5-6-17(16)24)28-21(31)20-19-13(7-9-26-20)10-15(34-2)12-27-19/h5-7,9-12,18H,3-4,8H2,1-2H3,(H2,25,29)(H,28,31)/t18-,23-/m1/s1. The summed E-state index contributed by atoms with van der Waals surface area (Å²) in [6.07, 6.45) is 4.15. The first-order valence-corrected chi connectivity index (χ1v) is 12.4. The van der Waals surface area contributed by atoms with Crippen LogP contribution < -0.4 is 15.8 Å². The van der Waals surface area contributed by atoms with Crippen LogP contribution in [0.25, 0.3) is 10.9 Å². The maximum absolute atomic E-state index is 15.1. The topological polar surface area (TPSA) is 140 Å². The van der Waals surface area contributed by atoms with Gasteiger partial charge in [-0.05, 0) is 49.6 Å². The molecule has 3 N–H and O–H groups in total. The number of carbonyl (C=O) groups excluding carboxylic acids is 1. The summed E-state index contributed by atoms with van der Waals surface area (Å²) in [4.78, 5) is 26.0. The van der Waals surface area contributed by atoms with Crippen molar-refractivity contribution in [3.8, 4) is 5.75 Å².